The van der Waals surface area contributed by atoms with Gasteiger partial charge in [0.25, 0.3) is 0 Å². The van der Waals surface area contributed by atoms with Crippen molar-refractivity contribution in [1.29, 1.82) is 0 Å². The summed E-state index contributed by atoms with van der Waals surface area (Å²) in [6, 6.07) is 2.16. The molecule has 1 amide bonds. The SMILES string of the molecule is CCCS(=O)(=O)[C@H](C)C(=O)NCCN1CCc2sccc2C1. The number of nitrogens with one attached hydrogen (secondary N) is 1. The van der Waals surface area contributed by atoms with E-state index in [9.17, 15) is 13.2 Å². The number of hydrogen-bond acceptors (Lipinski definition) is 5. The van der Waals surface area contributed by atoms with Crippen molar-refractivity contribution in [2.75, 3.05) is 25.4 Å². The number of amides is 1. The molecule has 1 atom stereocenters. The van der Waals surface area contributed by atoms with Crippen molar-refractivity contribution in [3.63, 3.8) is 0 Å². The highest BCUT2D eigenvalue weighted by atomic mass is 32.2. The number of hydrogen-bond donors (Lipinski definition) is 1. The van der Waals surface area contributed by atoms with Crippen LogP contribution >= 0.6 is 11.3 Å². The van der Waals surface area contributed by atoms with Crippen LogP contribution in [0.3, 0.4) is 0 Å². The maximum absolute atomic E-state index is 12.0. The van der Waals surface area contributed by atoms with Gasteiger partial charge < -0.3 is 5.32 Å². The summed E-state index contributed by atoms with van der Waals surface area (Å²) in [5.41, 5.74) is 1.38. The van der Waals surface area contributed by atoms with E-state index < -0.39 is 15.1 Å². The molecule has 1 aromatic heterocycles. The molecule has 2 rings (SSSR count). The average molecular weight is 345 g/mol. The van der Waals surface area contributed by atoms with Gasteiger partial charge in [0.15, 0.2) is 9.84 Å². The molecule has 22 heavy (non-hydrogen) atoms. The van der Waals surface area contributed by atoms with Crippen molar-refractivity contribution in [2.24, 2.45) is 0 Å². The number of carbonyl (C=O) groups excluding carboxylic acids is 1. The van der Waals surface area contributed by atoms with Crippen molar-refractivity contribution in [2.45, 2.75) is 38.5 Å². The van der Waals surface area contributed by atoms with Gasteiger partial charge in [-0.25, -0.2) is 8.42 Å². The molecule has 1 aliphatic rings. The predicted octanol–water partition coefficient (Wildman–Crippen LogP) is 1.44. The van der Waals surface area contributed by atoms with E-state index in [0.29, 0.717) is 13.0 Å². The molecule has 0 saturated heterocycles. The number of nitrogens with zero attached hydrogens (tertiary/aromatic N) is 1. The second-order valence-corrected chi connectivity index (χ2v) is 9.14. The minimum Gasteiger partial charge on any atom is -0.354 e. The van der Waals surface area contributed by atoms with Gasteiger partial charge in [-0.15, -0.1) is 11.3 Å². The first kappa shape index (κ1) is 17.4. The molecule has 124 valence electrons. The molecule has 2 heterocycles. The zero-order valence-electron chi connectivity index (χ0n) is 13.2. The van der Waals surface area contributed by atoms with E-state index in [2.05, 4.69) is 21.7 Å². The summed E-state index contributed by atoms with van der Waals surface area (Å²) in [6.45, 7) is 6.42. The lowest BCUT2D eigenvalue weighted by atomic mass is 10.1. The summed E-state index contributed by atoms with van der Waals surface area (Å²) in [7, 11) is -3.32. The molecule has 0 aromatic carbocycles. The van der Waals surface area contributed by atoms with Crippen LogP contribution in [0.25, 0.3) is 0 Å². The summed E-state index contributed by atoms with van der Waals surface area (Å²) < 4.78 is 23.7. The van der Waals surface area contributed by atoms with Gasteiger partial charge >= 0.3 is 0 Å². The third-order valence-electron chi connectivity index (χ3n) is 4.01. The van der Waals surface area contributed by atoms with Crippen LogP contribution < -0.4 is 5.32 Å². The standard InChI is InChI=1S/C15H24N2O3S2/c1-3-10-22(19,20)12(2)15(18)16-6-8-17-7-4-14-13(11-17)5-9-21-14/h5,9,12H,3-4,6-8,10-11H2,1-2H3,(H,16,18)/t12-/m1/s1. The Kier molecular flexibility index (Phi) is 6.00. The number of sulfone groups is 1. The van der Waals surface area contributed by atoms with Crippen LogP contribution in [0.4, 0.5) is 0 Å². The molecular weight excluding hydrogens is 320 g/mol. The summed E-state index contributed by atoms with van der Waals surface area (Å²) in [6.07, 6.45) is 1.60. The molecule has 7 heteroatoms. The Morgan fingerprint density at radius 2 is 2.27 bits per heavy atom. The van der Waals surface area contributed by atoms with Crippen LogP contribution in [0.1, 0.15) is 30.7 Å². The fourth-order valence-corrected chi connectivity index (χ4v) is 4.82. The molecular formula is C15H24N2O3S2. The van der Waals surface area contributed by atoms with Crippen molar-refractivity contribution in [3.8, 4) is 0 Å². The summed E-state index contributed by atoms with van der Waals surface area (Å²) >= 11 is 1.80. The van der Waals surface area contributed by atoms with Crippen molar-refractivity contribution in [3.05, 3.63) is 21.9 Å². The fourth-order valence-electron chi connectivity index (χ4n) is 2.60. The number of rotatable bonds is 7. The first-order valence-electron chi connectivity index (χ1n) is 7.71. The molecule has 5 nitrogen and oxygen atoms in total. The van der Waals surface area contributed by atoms with E-state index >= 15 is 0 Å². The normalized spacial score (nSPS) is 17.0. The molecule has 0 radical (unpaired) electrons. The van der Waals surface area contributed by atoms with E-state index in [4.69, 9.17) is 0 Å². The first-order chi connectivity index (χ1) is 10.4. The Labute approximate surface area is 136 Å². The number of carbonyl (C=O) groups is 1. The predicted molar refractivity (Wildman–Crippen MR) is 89.8 cm³/mol. The van der Waals surface area contributed by atoms with Crippen LogP contribution in [0.5, 0.6) is 0 Å². The molecule has 1 N–H and O–H groups in total. The lowest BCUT2D eigenvalue weighted by Gasteiger charge is -2.26. The molecule has 0 bridgehead atoms. The molecule has 0 unspecified atom stereocenters. The Hall–Kier alpha value is -0.920. The van der Waals surface area contributed by atoms with Crippen LogP contribution in [-0.4, -0.2) is 49.9 Å². The highest BCUT2D eigenvalue weighted by Gasteiger charge is 2.26. The Balaban J connectivity index is 1.76. The van der Waals surface area contributed by atoms with E-state index in [-0.39, 0.29) is 11.7 Å². The van der Waals surface area contributed by atoms with Crippen LogP contribution in [-0.2, 0) is 27.6 Å². The summed E-state index contributed by atoms with van der Waals surface area (Å²) in [4.78, 5) is 15.7. The lowest BCUT2D eigenvalue weighted by molar-refractivity contribution is -0.120. The second kappa shape index (κ2) is 7.57. The Morgan fingerprint density at radius 3 is 3.00 bits per heavy atom. The number of thiophene rings is 1. The Morgan fingerprint density at radius 1 is 1.50 bits per heavy atom. The smallest absolute Gasteiger partial charge is 0.238 e. The molecule has 0 aliphatic carbocycles. The van der Waals surface area contributed by atoms with E-state index in [0.717, 1.165) is 26.1 Å². The van der Waals surface area contributed by atoms with Gasteiger partial charge in [0.05, 0.1) is 5.75 Å². The minimum absolute atomic E-state index is 0.0641. The van der Waals surface area contributed by atoms with Crippen molar-refractivity contribution < 1.29 is 13.2 Å². The lowest BCUT2D eigenvalue weighted by Crippen LogP contribution is -2.43. The van der Waals surface area contributed by atoms with Gasteiger partial charge in [0, 0.05) is 31.1 Å². The fraction of sp³-hybridized carbons (Fsp3) is 0.667. The Bertz CT molecular complexity index is 610. The van der Waals surface area contributed by atoms with Crippen LogP contribution in [0.15, 0.2) is 11.4 Å². The van der Waals surface area contributed by atoms with E-state index in [1.54, 1.807) is 18.3 Å². The third-order valence-corrected chi connectivity index (χ3v) is 7.30. The zero-order valence-corrected chi connectivity index (χ0v) is 14.8. The quantitative estimate of drug-likeness (QED) is 0.813. The molecule has 0 saturated carbocycles. The highest BCUT2D eigenvalue weighted by molar-refractivity contribution is 7.92. The zero-order chi connectivity index (χ0) is 16.2. The molecule has 0 spiro atoms. The first-order valence-corrected chi connectivity index (χ1v) is 10.3. The monoisotopic (exact) mass is 344 g/mol. The van der Waals surface area contributed by atoms with Gasteiger partial charge in [-0.2, -0.15) is 0 Å². The highest BCUT2D eigenvalue weighted by Crippen LogP contribution is 2.23. The second-order valence-electron chi connectivity index (χ2n) is 5.70. The van der Waals surface area contributed by atoms with Gasteiger partial charge in [-0.3, -0.25) is 9.69 Å². The van der Waals surface area contributed by atoms with E-state index in [1.807, 2.05) is 0 Å². The maximum Gasteiger partial charge on any atom is 0.238 e. The van der Waals surface area contributed by atoms with E-state index in [1.165, 1.54) is 17.4 Å². The number of fused-ring (bicyclic) bond motifs is 1. The average Bonchev–Trinajstić information content (AvgIpc) is 2.93. The summed E-state index contributed by atoms with van der Waals surface area (Å²) in [5, 5.41) is 3.92. The third kappa shape index (κ3) is 4.30. The maximum atomic E-state index is 12.0. The van der Waals surface area contributed by atoms with Crippen molar-refractivity contribution >= 4 is 27.1 Å². The summed E-state index contributed by atoms with van der Waals surface area (Å²) in [5.74, 6) is -0.323. The molecule has 1 aromatic rings. The van der Waals surface area contributed by atoms with Crippen molar-refractivity contribution in [1.82, 2.24) is 10.2 Å². The molecule has 1 aliphatic heterocycles. The topological polar surface area (TPSA) is 66.5 Å². The van der Waals surface area contributed by atoms with Crippen LogP contribution in [0.2, 0.25) is 0 Å². The van der Waals surface area contributed by atoms with Gasteiger partial charge in [-0.1, -0.05) is 6.92 Å². The largest absolute Gasteiger partial charge is 0.354 e. The minimum atomic E-state index is -3.32. The van der Waals surface area contributed by atoms with Crippen LogP contribution in [0, 0.1) is 0 Å². The molecule has 0 fully saturated rings. The van der Waals surface area contributed by atoms with Gasteiger partial charge in [0.1, 0.15) is 5.25 Å². The van der Waals surface area contributed by atoms with Gasteiger partial charge in [-0.05, 0) is 36.8 Å². The van der Waals surface area contributed by atoms with Gasteiger partial charge in [0.2, 0.25) is 5.91 Å².